The number of hydrogen-bond donors (Lipinski definition) is 0. The molecule has 4 aromatic rings. The van der Waals surface area contributed by atoms with Crippen LogP contribution >= 0.6 is 0 Å². The smallest absolute Gasteiger partial charge is 0.155 e. The Bertz CT molecular complexity index is 987. The molecule has 118 valence electrons. The topological polar surface area (TPSA) is 33.4 Å². The fourth-order valence-corrected chi connectivity index (χ4v) is 2.80. The van der Waals surface area contributed by atoms with Crippen LogP contribution in [0, 0.1) is 0 Å². The Balaban J connectivity index is 1.86. The van der Waals surface area contributed by atoms with Crippen LogP contribution in [0.4, 0.5) is 5.69 Å². The highest BCUT2D eigenvalue weighted by molar-refractivity contribution is 5.69. The normalized spacial score (nSPS) is 10.9. The Morgan fingerprint density at radius 1 is 0.833 bits per heavy atom. The van der Waals surface area contributed by atoms with E-state index in [9.17, 15) is 0 Å². The number of aromatic nitrogens is 3. The molecule has 0 bridgehead atoms. The van der Waals surface area contributed by atoms with Gasteiger partial charge in [-0.25, -0.2) is 4.98 Å². The van der Waals surface area contributed by atoms with Crippen molar-refractivity contribution in [3.63, 3.8) is 0 Å². The number of imidazole rings is 1. The third-order valence-corrected chi connectivity index (χ3v) is 4.12. The SMILES string of the molecule is CN(C)c1cccc(-c2cnc3cnc(-c4ccccc4)cn23)c1. The van der Waals surface area contributed by atoms with Gasteiger partial charge in [0.15, 0.2) is 5.65 Å². The van der Waals surface area contributed by atoms with Crippen molar-refractivity contribution in [2.75, 3.05) is 19.0 Å². The minimum atomic E-state index is 0.847. The summed E-state index contributed by atoms with van der Waals surface area (Å²) in [5.74, 6) is 0. The fourth-order valence-electron chi connectivity index (χ4n) is 2.80. The second-order valence-corrected chi connectivity index (χ2v) is 5.95. The van der Waals surface area contributed by atoms with E-state index in [2.05, 4.69) is 61.9 Å². The van der Waals surface area contributed by atoms with Crippen LogP contribution in [-0.2, 0) is 0 Å². The van der Waals surface area contributed by atoms with E-state index in [4.69, 9.17) is 0 Å². The zero-order valence-electron chi connectivity index (χ0n) is 13.7. The van der Waals surface area contributed by atoms with Gasteiger partial charge in [-0.05, 0) is 12.1 Å². The maximum atomic E-state index is 4.54. The van der Waals surface area contributed by atoms with Crippen LogP contribution in [0.3, 0.4) is 0 Å². The number of nitrogens with zero attached hydrogens (tertiary/aromatic N) is 4. The first-order valence-electron chi connectivity index (χ1n) is 7.89. The lowest BCUT2D eigenvalue weighted by atomic mass is 10.1. The molecule has 0 aliphatic rings. The zero-order valence-corrected chi connectivity index (χ0v) is 13.7. The van der Waals surface area contributed by atoms with Gasteiger partial charge in [0.1, 0.15) is 0 Å². The summed E-state index contributed by atoms with van der Waals surface area (Å²) in [5, 5.41) is 0. The van der Waals surface area contributed by atoms with Gasteiger partial charge in [0.2, 0.25) is 0 Å². The Kier molecular flexibility index (Phi) is 3.50. The van der Waals surface area contributed by atoms with Crippen molar-refractivity contribution in [1.29, 1.82) is 0 Å². The summed E-state index contributed by atoms with van der Waals surface area (Å²) >= 11 is 0. The average Bonchev–Trinajstić information content (AvgIpc) is 3.05. The average molecular weight is 314 g/mol. The number of benzene rings is 2. The van der Waals surface area contributed by atoms with E-state index >= 15 is 0 Å². The lowest BCUT2D eigenvalue weighted by molar-refractivity contribution is 1.12. The second-order valence-electron chi connectivity index (χ2n) is 5.95. The molecular weight excluding hydrogens is 296 g/mol. The molecule has 0 unspecified atom stereocenters. The molecule has 0 fully saturated rings. The predicted octanol–water partition coefficient (Wildman–Crippen LogP) is 4.13. The van der Waals surface area contributed by atoms with E-state index in [-0.39, 0.29) is 0 Å². The molecule has 0 aliphatic heterocycles. The Morgan fingerprint density at radius 3 is 2.42 bits per heavy atom. The molecule has 0 spiro atoms. The predicted molar refractivity (Wildman–Crippen MR) is 98.2 cm³/mol. The van der Waals surface area contributed by atoms with Gasteiger partial charge in [-0.15, -0.1) is 0 Å². The van der Waals surface area contributed by atoms with Crippen molar-refractivity contribution >= 4 is 11.3 Å². The molecule has 4 rings (SSSR count). The van der Waals surface area contributed by atoms with E-state index in [1.807, 2.05) is 44.7 Å². The van der Waals surface area contributed by atoms with Crippen molar-refractivity contribution < 1.29 is 0 Å². The summed E-state index contributed by atoms with van der Waals surface area (Å²) in [5.41, 5.74) is 6.25. The van der Waals surface area contributed by atoms with Crippen LogP contribution in [0.25, 0.3) is 28.2 Å². The van der Waals surface area contributed by atoms with Crippen LogP contribution in [0.2, 0.25) is 0 Å². The summed E-state index contributed by atoms with van der Waals surface area (Å²) < 4.78 is 2.10. The van der Waals surface area contributed by atoms with Crippen LogP contribution in [0.5, 0.6) is 0 Å². The number of fused-ring (bicyclic) bond motifs is 1. The summed E-state index contributed by atoms with van der Waals surface area (Å²) in [4.78, 5) is 11.1. The second kappa shape index (κ2) is 5.81. The molecule has 4 heteroatoms. The quantitative estimate of drug-likeness (QED) is 0.570. The van der Waals surface area contributed by atoms with Crippen molar-refractivity contribution in [2.24, 2.45) is 0 Å². The monoisotopic (exact) mass is 314 g/mol. The first-order valence-corrected chi connectivity index (χ1v) is 7.89. The highest BCUT2D eigenvalue weighted by Gasteiger charge is 2.09. The summed E-state index contributed by atoms with van der Waals surface area (Å²) in [7, 11) is 4.09. The van der Waals surface area contributed by atoms with E-state index in [1.54, 1.807) is 0 Å². The lowest BCUT2D eigenvalue weighted by Gasteiger charge is -2.13. The Morgan fingerprint density at radius 2 is 1.62 bits per heavy atom. The van der Waals surface area contributed by atoms with Gasteiger partial charge in [0, 0.05) is 37.1 Å². The first-order chi connectivity index (χ1) is 11.7. The molecule has 24 heavy (non-hydrogen) atoms. The first kappa shape index (κ1) is 14.5. The van der Waals surface area contributed by atoms with E-state index < -0.39 is 0 Å². The number of hydrogen-bond acceptors (Lipinski definition) is 3. The van der Waals surface area contributed by atoms with Gasteiger partial charge in [-0.2, -0.15) is 0 Å². The zero-order chi connectivity index (χ0) is 16.5. The number of anilines is 1. The van der Waals surface area contributed by atoms with Gasteiger partial charge >= 0.3 is 0 Å². The maximum absolute atomic E-state index is 4.54. The van der Waals surface area contributed by atoms with E-state index in [1.165, 1.54) is 5.69 Å². The maximum Gasteiger partial charge on any atom is 0.155 e. The molecule has 0 saturated heterocycles. The van der Waals surface area contributed by atoms with Gasteiger partial charge in [-0.3, -0.25) is 9.38 Å². The van der Waals surface area contributed by atoms with Gasteiger partial charge in [0.05, 0.1) is 23.8 Å². The summed E-state index contributed by atoms with van der Waals surface area (Å²) in [6.07, 6.45) is 5.78. The van der Waals surface area contributed by atoms with Crippen molar-refractivity contribution in [2.45, 2.75) is 0 Å². The molecule has 0 aliphatic carbocycles. The standard InChI is InChI=1S/C20H18N4/c1-23(2)17-10-6-9-16(11-17)19-12-22-20-13-21-18(14-24(19)20)15-7-4-3-5-8-15/h3-14H,1-2H3. The van der Waals surface area contributed by atoms with Gasteiger partial charge < -0.3 is 4.90 Å². The Labute approximate surface area is 141 Å². The van der Waals surface area contributed by atoms with E-state index in [0.29, 0.717) is 0 Å². The highest BCUT2D eigenvalue weighted by Crippen LogP contribution is 2.26. The van der Waals surface area contributed by atoms with Crippen LogP contribution in [0.15, 0.2) is 73.2 Å². The molecule has 4 nitrogen and oxygen atoms in total. The van der Waals surface area contributed by atoms with Gasteiger partial charge in [0.25, 0.3) is 0 Å². The highest BCUT2D eigenvalue weighted by atomic mass is 15.1. The van der Waals surface area contributed by atoms with Crippen LogP contribution < -0.4 is 4.90 Å². The summed E-state index contributed by atoms with van der Waals surface area (Å²) in [6.45, 7) is 0. The third kappa shape index (κ3) is 2.52. The molecular formula is C20H18N4. The summed E-state index contributed by atoms with van der Waals surface area (Å²) in [6, 6.07) is 18.7. The molecule has 0 atom stereocenters. The van der Waals surface area contributed by atoms with Crippen molar-refractivity contribution in [3.8, 4) is 22.5 Å². The number of rotatable bonds is 3. The van der Waals surface area contributed by atoms with Crippen molar-refractivity contribution in [3.05, 3.63) is 73.2 Å². The molecule has 2 heterocycles. The third-order valence-electron chi connectivity index (χ3n) is 4.12. The van der Waals surface area contributed by atoms with Crippen molar-refractivity contribution in [1.82, 2.24) is 14.4 Å². The molecule has 2 aromatic carbocycles. The van der Waals surface area contributed by atoms with Crippen LogP contribution in [-0.4, -0.2) is 28.5 Å². The Hall–Kier alpha value is -3.14. The minimum Gasteiger partial charge on any atom is -0.378 e. The van der Waals surface area contributed by atoms with E-state index in [0.717, 1.165) is 28.2 Å². The van der Waals surface area contributed by atoms with Gasteiger partial charge in [-0.1, -0.05) is 42.5 Å². The fraction of sp³-hybridized carbons (Fsp3) is 0.100. The molecule has 0 amide bonds. The van der Waals surface area contributed by atoms with Crippen LogP contribution in [0.1, 0.15) is 0 Å². The minimum absolute atomic E-state index is 0.847. The molecule has 2 aromatic heterocycles. The molecule has 0 saturated carbocycles. The lowest BCUT2D eigenvalue weighted by Crippen LogP contribution is -2.08. The largest absolute Gasteiger partial charge is 0.378 e. The molecule has 0 radical (unpaired) electrons. The molecule has 0 N–H and O–H groups in total.